The van der Waals surface area contributed by atoms with Crippen molar-refractivity contribution in [3.8, 4) is 0 Å². The van der Waals surface area contributed by atoms with E-state index in [-0.39, 0.29) is 23.6 Å². The minimum Gasteiger partial charge on any atom is -0.329 e. The van der Waals surface area contributed by atoms with E-state index in [9.17, 15) is 9.59 Å². The van der Waals surface area contributed by atoms with Crippen LogP contribution in [0.1, 0.15) is 29.2 Å². The summed E-state index contributed by atoms with van der Waals surface area (Å²) in [7, 11) is 0. The van der Waals surface area contributed by atoms with Crippen LogP contribution in [0.25, 0.3) is 10.9 Å². The Hall–Kier alpha value is -3.02. The monoisotopic (exact) mass is 346 g/mol. The van der Waals surface area contributed by atoms with Crippen molar-refractivity contribution >= 4 is 16.8 Å². The molecule has 0 saturated carbocycles. The summed E-state index contributed by atoms with van der Waals surface area (Å²) < 4.78 is 1.77. The summed E-state index contributed by atoms with van der Waals surface area (Å²) in [6.45, 7) is 0.501. The summed E-state index contributed by atoms with van der Waals surface area (Å²) >= 11 is 0. The van der Waals surface area contributed by atoms with Crippen molar-refractivity contribution in [1.82, 2.24) is 19.4 Å². The molecule has 0 N–H and O–H groups in total. The number of carbonyl (C=O) groups excluding carboxylic acids is 1. The average molecular weight is 346 g/mol. The summed E-state index contributed by atoms with van der Waals surface area (Å²) in [5.74, 6) is 0.725. The molecule has 26 heavy (non-hydrogen) atoms. The molecule has 2 aliphatic rings. The van der Waals surface area contributed by atoms with E-state index in [1.54, 1.807) is 22.9 Å². The maximum Gasteiger partial charge on any atom is 0.273 e. The normalized spacial score (nSPS) is 21.5. The number of nitrogens with zero attached hydrogens (tertiary/aromatic N) is 4. The van der Waals surface area contributed by atoms with E-state index in [2.05, 4.69) is 4.98 Å². The summed E-state index contributed by atoms with van der Waals surface area (Å²) in [6, 6.07) is 12.9. The SMILES string of the molecule is O=C(c1ccccn1)N1[C@@H]2CC[C@@H]1Cn1c(nc3ccccc3c1=O)C2. The number of rotatable bonds is 1. The number of aromatic nitrogens is 3. The van der Waals surface area contributed by atoms with Crippen LogP contribution in [0, 0.1) is 0 Å². The van der Waals surface area contributed by atoms with Gasteiger partial charge in [-0.1, -0.05) is 18.2 Å². The molecule has 3 aromatic rings. The van der Waals surface area contributed by atoms with Crippen LogP contribution in [-0.2, 0) is 13.0 Å². The van der Waals surface area contributed by atoms with Crippen molar-refractivity contribution in [3.63, 3.8) is 0 Å². The number of hydrogen-bond acceptors (Lipinski definition) is 4. The van der Waals surface area contributed by atoms with Gasteiger partial charge in [-0.3, -0.25) is 19.1 Å². The number of hydrogen-bond donors (Lipinski definition) is 0. The Kier molecular flexibility index (Phi) is 3.38. The van der Waals surface area contributed by atoms with Gasteiger partial charge in [0.05, 0.1) is 16.9 Å². The fourth-order valence-corrected chi connectivity index (χ4v) is 4.27. The number of para-hydroxylation sites is 1. The maximum atomic E-state index is 13.0. The fourth-order valence-electron chi connectivity index (χ4n) is 4.27. The van der Waals surface area contributed by atoms with Crippen molar-refractivity contribution in [3.05, 3.63) is 70.5 Å². The third-order valence-electron chi connectivity index (χ3n) is 5.49. The molecule has 6 nitrogen and oxygen atoms in total. The minimum atomic E-state index is -0.0523. The van der Waals surface area contributed by atoms with Gasteiger partial charge in [-0.2, -0.15) is 0 Å². The van der Waals surface area contributed by atoms with Gasteiger partial charge in [0.1, 0.15) is 11.5 Å². The van der Waals surface area contributed by atoms with E-state index in [0.29, 0.717) is 24.0 Å². The van der Waals surface area contributed by atoms with Crippen LogP contribution >= 0.6 is 0 Å². The van der Waals surface area contributed by atoms with Gasteiger partial charge < -0.3 is 4.90 Å². The van der Waals surface area contributed by atoms with Crippen molar-refractivity contribution in [2.75, 3.05) is 0 Å². The molecule has 1 saturated heterocycles. The summed E-state index contributed by atoms with van der Waals surface area (Å²) in [5, 5.41) is 0.636. The lowest BCUT2D eigenvalue weighted by Crippen LogP contribution is -2.42. The number of benzene rings is 1. The highest BCUT2D eigenvalue weighted by Crippen LogP contribution is 2.32. The first-order valence-corrected chi connectivity index (χ1v) is 8.94. The largest absolute Gasteiger partial charge is 0.329 e. The molecule has 0 spiro atoms. The van der Waals surface area contributed by atoms with Crippen LogP contribution in [0.2, 0.25) is 0 Å². The van der Waals surface area contributed by atoms with Crippen LogP contribution in [-0.4, -0.2) is 37.4 Å². The maximum absolute atomic E-state index is 13.0. The van der Waals surface area contributed by atoms with Crippen LogP contribution in [0.15, 0.2) is 53.5 Å². The van der Waals surface area contributed by atoms with Gasteiger partial charge in [0, 0.05) is 25.2 Å². The summed E-state index contributed by atoms with van der Waals surface area (Å²) in [4.78, 5) is 36.9. The van der Waals surface area contributed by atoms with Crippen molar-refractivity contribution in [2.24, 2.45) is 0 Å². The lowest BCUT2D eigenvalue weighted by molar-refractivity contribution is 0.0659. The van der Waals surface area contributed by atoms with E-state index in [1.165, 1.54) is 0 Å². The molecule has 1 aromatic carbocycles. The smallest absolute Gasteiger partial charge is 0.273 e. The Morgan fingerprint density at radius 3 is 2.69 bits per heavy atom. The molecule has 5 rings (SSSR count). The molecule has 2 aromatic heterocycles. The van der Waals surface area contributed by atoms with Gasteiger partial charge in [-0.25, -0.2) is 4.98 Å². The highest BCUT2D eigenvalue weighted by Gasteiger charge is 2.41. The minimum absolute atomic E-state index is 0.0106. The summed E-state index contributed by atoms with van der Waals surface area (Å²) in [6.07, 6.45) is 4.09. The topological polar surface area (TPSA) is 68.1 Å². The second-order valence-corrected chi connectivity index (χ2v) is 6.98. The van der Waals surface area contributed by atoms with Gasteiger partial charge >= 0.3 is 0 Å². The predicted octanol–water partition coefficient (Wildman–Crippen LogP) is 2.02. The average Bonchev–Trinajstić information content (AvgIpc) is 2.98. The zero-order valence-corrected chi connectivity index (χ0v) is 14.2. The van der Waals surface area contributed by atoms with E-state index in [0.717, 1.165) is 24.2 Å². The lowest BCUT2D eigenvalue weighted by Gasteiger charge is -2.27. The Bertz CT molecular complexity index is 1060. The Morgan fingerprint density at radius 2 is 1.85 bits per heavy atom. The van der Waals surface area contributed by atoms with Crippen molar-refractivity contribution < 1.29 is 4.79 Å². The van der Waals surface area contributed by atoms with Gasteiger partial charge in [-0.15, -0.1) is 0 Å². The molecule has 2 atom stereocenters. The van der Waals surface area contributed by atoms with Crippen LogP contribution in [0.3, 0.4) is 0 Å². The number of pyridine rings is 1. The van der Waals surface area contributed by atoms with Gasteiger partial charge in [0.2, 0.25) is 0 Å². The van der Waals surface area contributed by atoms with E-state index >= 15 is 0 Å². The molecule has 0 radical (unpaired) electrons. The molecule has 0 aliphatic carbocycles. The second kappa shape index (κ2) is 5.76. The second-order valence-electron chi connectivity index (χ2n) is 6.98. The number of carbonyl (C=O) groups is 1. The Morgan fingerprint density at radius 1 is 1.04 bits per heavy atom. The van der Waals surface area contributed by atoms with Crippen molar-refractivity contribution in [2.45, 2.75) is 37.9 Å². The molecule has 1 amide bonds. The van der Waals surface area contributed by atoms with E-state index in [4.69, 9.17) is 4.98 Å². The predicted molar refractivity (Wildman–Crippen MR) is 96.9 cm³/mol. The van der Waals surface area contributed by atoms with E-state index in [1.807, 2.05) is 35.2 Å². The Labute approximate surface area is 150 Å². The first kappa shape index (κ1) is 15.3. The summed E-state index contributed by atoms with van der Waals surface area (Å²) in [5.41, 5.74) is 1.17. The van der Waals surface area contributed by atoms with Crippen LogP contribution < -0.4 is 5.56 Å². The highest BCUT2D eigenvalue weighted by molar-refractivity contribution is 5.93. The zero-order valence-electron chi connectivity index (χ0n) is 14.2. The molecule has 1 fully saturated rings. The molecule has 6 heteroatoms. The molecule has 2 bridgehead atoms. The first-order chi connectivity index (χ1) is 12.7. The van der Waals surface area contributed by atoms with Gasteiger partial charge in [0.15, 0.2) is 0 Å². The Balaban J connectivity index is 1.59. The quantitative estimate of drug-likeness (QED) is 0.676. The third-order valence-corrected chi connectivity index (χ3v) is 5.49. The lowest BCUT2D eigenvalue weighted by atomic mass is 10.1. The third kappa shape index (κ3) is 2.25. The highest BCUT2D eigenvalue weighted by atomic mass is 16.2. The first-order valence-electron chi connectivity index (χ1n) is 8.94. The number of amides is 1. The van der Waals surface area contributed by atoms with Crippen molar-refractivity contribution in [1.29, 1.82) is 0 Å². The fraction of sp³-hybridized carbons (Fsp3) is 0.300. The van der Waals surface area contributed by atoms with Crippen LogP contribution in [0.4, 0.5) is 0 Å². The molecule has 4 heterocycles. The molecule has 2 aliphatic heterocycles. The number of fused-ring (bicyclic) bond motifs is 4. The standard InChI is InChI=1S/C20H18N4O2/c25-19-15-5-1-2-6-16(15)22-18-11-13-8-9-14(12-23(18)19)24(13)20(26)17-7-3-4-10-21-17/h1-7,10,13-14H,8-9,11-12H2/t13-,14-/m1/s1. The van der Waals surface area contributed by atoms with Gasteiger partial charge in [0.25, 0.3) is 11.5 Å². The van der Waals surface area contributed by atoms with Gasteiger partial charge in [-0.05, 0) is 37.1 Å². The molecular weight excluding hydrogens is 328 g/mol. The van der Waals surface area contributed by atoms with Crippen LogP contribution in [0.5, 0.6) is 0 Å². The molecule has 0 unspecified atom stereocenters. The zero-order chi connectivity index (χ0) is 17.7. The van der Waals surface area contributed by atoms with E-state index < -0.39 is 0 Å². The molecule has 130 valence electrons. The molecular formula is C20H18N4O2.